The highest BCUT2D eigenvalue weighted by Crippen LogP contribution is 2.43. The molecule has 0 spiro atoms. The van der Waals surface area contributed by atoms with Gasteiger partial charge < -0.3 is 30.0 Å². The molecule has 57 heavy (non-hydrogen) atoms. The smallest absolute Gasteiger partial charge is 0.389 e. The molecule has 5 N–H and O–H groups in total. The summed E-state index contributed by atoms with van der Waals surface area (Å²) in [5.74, 6) is -0.320. The van der Waals surface area contributed by atoms with Crippen molar-refractivity contribution in [2.75, 3.05) is 40.9 Å². The SMILES string of the molecule is CC/C=C\C[C@H](O)/C=C/C=C\C/C=C\C=C\[C@H](O)/C=C\CCCC(=O)N[C@@H](COP(=O)(O)OCC[N+](C)(C)C)[C@H](O)/C=C/CCCCCCCCCCCCCC. The highest BCUT2D eigenvalue weighted by molar-refractivity contribution is 7.47. The van der Waals surface area contributed by atoms with E-state index < -0.39 is 38.8 Å². The van der Waals surface area contributed by atoms with Crippen molar-refractivity contribution in [3.63, 3.8) is 0 Å². The van der Waals surface area contributed by atoms with Crippen LogP contribution in [-0.2, 0) is 18.4 Å². The molecular weight excluding hydrogens is 739 g/mol. The van der Waals surface area contributed by atoms with Crippen LogP contribution in [0.2, 0.25) is 0 Å². The average molecular weight is 822 g/mol. The van der Waals surface area contributed by atoms with E-state index in [4.69, 9.17) is 9.05 Å². The van der Waals surface area contributed by atoms with Crippen molar-refractivity contribution in [2.24, 2.45) is 0 Å². The molecule has 0 aromatic carbocycles. The summed E-state index contributed by atoms with van der Waals surface area (Å²) in [6, 6.07) is -0.938. The monoisotopic (exact) mass is 822 g/mol. The first-order valence-electron chi connectivity index (χ1n) is 21.7. The van der Waals surface area contributed by atoms with Crippen LogP contribution >= 0.6 is 7.82 Å². The number of carbonyl (C=O) groups excluding carboxylic acids is 1. The normalized spacial score (nSPS) is 16.3. The largest absolute Gasteiger partial charge is 0.472 e. The lowest BCUT2D eigenvalue weighted by molar-refractivity contribution is -0.870. The van der Waals surface area contributed by atoms with E-state index in [9.17, 15) is 29.6 Å². The van der Waals surface area contributed by atoms with Crippen LogP contribution in [0.1, 0.15) is 136 Å². The number of aliphatic hydroxyl groups excluding tert-OH is 3. The van der Waals surface area contributed by atoms with Crippen LogP contribution < -0.4 is 5.32 Å². The van der Waals surface area contributed by atoms with E-state index in [1.54, 1.807) is 30.4 Å². The second kappa shape index (κ2) is 36.7. The Hall–Kier alpha value is -2.40. The van der Waals surface area contributed by atoms with Gasteiger partial charge in [0.25, 0.3) is 0 Å². The van der Waals surface area contributed by atoms with E-state index in [-0.39, 0.29) is 18.9 Å². The van der Waals surface area contributed by atoms with Gasteiger partial charge in [-0.25, -0.2) is 4.57 Å². The molecule has 1 amide bonds. The van der Waals surface area contributed by atoms with Gasteiger partial charge in [-0.15, -0.1) is 0 Å². The maximum atomic E-state index is 12.8. The molecule has 0 radical (unpaired) electrons. The lowest BCUT2D eigenvalue weighted by atomic mass is 10.0. The van der Waals surface area contributed by atoms with Crippen molar-refractivity contribution in [1.29, 1.82) is 0 Å². The van der Waals surface area contributed by atoms with Crippen molar-refractivity contribution >= 4 is 13.7 Å². The molecule has 1 unspecified atom stereocenters. The molecule has 0 heterocycles. The number of phosphoric acid groups is 1. The predicted molar refractivity (Wildman–Crippen MR) is 238 cm³/mol. The Kier molecular flexibility index (Phi) is 35.1. The molecule has 0 aromatic rings. The number of unbranched alkanes of at least 4 members (excludes halogenated alkanes) is 13. The van der Waals surface area contributed by atoms with Gasteiger partial charge in [0.2, 0.25) is 5.91 Å². The number of nitrogens with zero attached hydrogens (tertiary/aromatic N) is 1. The predicted octanol–water partition coefficient (Wildman–Crippen LogP) is 9.74. The third-order valence-electron chi connectivity index (χ3n) is 9.05. The fourth-order valence-corrected chi connectivity index (χ4v) is 6.28. The Bertz CT molecular complexity index is 1240. The molecule has 328 valence electrons. The second-order valence-electron chi connectivity index (χ2n) is 15.7. The summed E-state index contributed by atoms with van der Waals surface area (Å²) >= 11 is 0. The molecule has 0 saturated heterocycles. The summed E-state index contributed by atoms with van der Waals surface area (Å²) < 4.78 is 23.4. The molecule has 0 aromatic heterocycles. The number of allylic oxidation sites excluding steroid dienone is 9. The maximum absolute atomic E-state index is 12.8. The number of likely N-dealkylation sites (N-methyl/N-ethyl adjacent to an activating group) is 1. The molecule has 5 atom stereocenters. The van der Waals surface area contributed by atoms with Crippen molar-refractivity contribution < 1.29 is 43.1 Å². The van der Waals surface area contributed by atoms with E-state index in [1.165, 1.54) is 64.2 Å². The van der Waals surface area contributed by atoms with Crippen molar-refractivity contribution in [2.45, 2.75) is 160 Å². The van der Waals surface area contributed by atoms with Crippen LogP contribution in [0.25, 0.3) is 0 Å². The molecule has 0 aliphatic carbocycles. The van der Waals surface area contributed by atoms with Gasteiger partial charge in [-0.3, -0.25) is 13.8 Å². The highest BCUT2D eigenvalue weighted by atomic mass is 31.2. The minimum atomic E-state index is -4.40. The lowest BCUT2D eigenvalue weighted by Crippen LogP contribution is -2.45. The molecule has 0 rings (SSSR count). The Morgan fingerprint density at radius 3 is 1.88 bits per heavy atom. The van der Waals surface area contributed by atoms with E-state index in [0.29, 0.717) is 30.3 Å². The molecule has 0 fully saturated rings. The van der Waals surface area contributed by atoms with Gasteiger partial charge in [0.1, 0.15) is 13.2 Å². The first kappa shape index (κ1) is 54.6. The Labute approximate surface area is 347 Å². The van der Waals surface area contributed by atoms with Crippen LogP contribution in [0.4, 0.5) is 0 Å². The molecule has 10 nitrogen and oxygen atoms in total. The molecule has 11 heteroatoms. The van der Waals surface area contributed by atoms with Gasteiger partial charge >= 0.3 is 7.82 Å². The molecule has 0 bridgehead atoms. The zero-order chi connectivity index (χ0) is 42.5. The first-order chi connectivity index (χ1) is 27.3. The average Bonchev–Trinajstić information content (AvgIpc) is 3.15. The highest BCUT2D eigenvalue weighted by Gasteiger charge is 2.27. The summed E-state index contributed by atoms with van der Waals surface area (Å²) in [5.41, 5.74) is 0. The van der Waals surface area contributed by atoms with Crippen LogP contribution in [-0.4, -0.2) is 95.9 Å². The number of aliphatic hydroxyl groups is 3. The third-order valence-corrected chi connectivity index (χ3v) is 10.0. The fraction of sp³-hybridized carbons (Fsp3) is 0.674. The Morgan fingerprint density at radius 1 is 0.684 bits per heavy atom. The number of carbonyl (C=O) groups is 1. The summed E-state index contributed by atoms with van der Waals surface area (Å²) in [6.07, 6.45) is 42.9. The van der Waals surface area contributed by atoms with Crippen molar-refractivity contribution in [3.05, 3.63) is 85.1 Å². The number of quaternary nitrogens is 1. The zero-order valence-electron chi connectivity index (χ0n) is 36.3. The quantitative estimate of drug-likeness (QED) is 0.0137. The summed E-state index contributed by atoms with van der Waals surface area (Å²) in [4.78, 5) is 23.1. The van der Waals surface area contributed by atoms with Gasteiger partial charge in [0, 0.05) is 6.42 Å². The van der Waals surface area contributed by atoms with E-state index in [0.717, 1.165) is 32.1 Å². The minimum absolute atomic E-state index is 0.0190. The van der Waals surface area contributed by atoms with Crippen LogP contribution in [0.3, 0.4) is 0 Å². The van der Waals surface area contributed by atoms with Gasteiger partial charge in [0.05, 0.1) is 52.1 Å². The Balaban J connectivity index is 4.74. The van der Waals surface area contributed by atoms with E-state index >= 15 is 0 Å². The molecule has 0 aliphatic rings. The van der Waals surface area contributed by atoms with Gasteiger partial charge in [-0.1, -0.05) is 170 Å². The number of rotatable bonds is 37. The topological polar surface area (TPSA) is 146 Å². The summed E-state index contributed by atoms with van der Waals surface area (Å²) in [7, 11) is 1.43. The molecule has 0 aliphatic heterocycles. The standard InChI is InChI=1S/C46H81N2O8P/c1-6-8-10-11-12-13-14-15-16-17-18-22-25-31-37-45(51)44(41-56-57(53,54)55-40-39-48(3,4)5)47-46(52)38-32-26-30-36-43(50)35-29-24-21-19-20-23-28-34-42(49)33-27-9-7-2/h9,20-21,23-24,27-31,34-37,42-45,49-51H,6-8,10-19,22,25-26,32-33,38-41H2,1-5H3,(H-,47,52,53,54)/p+1/b23-20-,24-21-,27-9-,34-28+,35-29+,36-30-,37-31+/t42-,43-,44-,45+/m0/s1. The van der Waals surface area contributed by atoms with Crippen molar-refractivity contribution in [3.8, 4) is 0 Å². The number of phosphoric ester groups is 1. The lowest BCUT2D eigenvalue weighted by Gasteiger charge is -2.25. The maximum Gasteiger partial charge on any atom is 0.472 e. The van der Waals surface area contributed by atoms with Crippen molar-refractivity contribution in [1.82, 2.24) is 5.32 Å². The van der Waals surface area contributed by atoms with E-state index in [1.807, 2.05) is 75.8 Å². The fourth-order valence-electron chi connectivity index (χ4n) is 5.54. The van der Waals surface area contributed by atoms with Crippen LogP contribution in [0, 0.1) is 0 Å². The number of amides is 1. The van der Waals surface area contributed by atoms with Gasteiger partial charge in [0.15, 0.2) is 0 Å². The molecular formula is C46H82N2O8P+. The summed E-state index contributed by atoms with van der Waals surface area (Å²) in [6.45, 7) is 4.43. The van der Waals surface area contributed by atoms with Gasteiger partial charge in [-0.2, -0.15) is 0 Å². The Morgan fingerprint density at radius 2 is 1.26 bits per heavy atom. The molecule has 0 saturated carbocycles. The second-order valence-corrected chi connectivity index (χ2v) is 17.2. The van der Waals surface area contributed by atoms with E-state index in [2.05, 4.69) is 19.2 Å². The first-order valence-corrected chi connectivity index (χ1v) is 23.2. The summed E-state index contributed by atoms with van der Waals surface area (Å²) in [5, 5.41) is 33.8. The van der Waals surface area contributed by atoms with Gasteiger partial charge in [-0.05, 0) is 44.9 Å². The third kappa shape index (κ3) is 38.9. The zero-order valence-corrected chi connectivity index (χ0v) is 37.2. The van der Waals surface area contributed by atoms with Crippen LogP contribution in [0.15, 0.2) is 85.1 Å². The minimum Gasteiger partial charge on any atom is -0.389 e. The number of hydrogen-bond donors (Lipinski definition) is 5. The number of hydrogen-bond acceptors (Lipinski definition) is 7. The number of nitrogens with one attached hydrogen (secondary N) is 1. The van der Waals surface area contributed by atoms with Crippen LogP contribution in [0.5, 0.6) is 0 Å².